The lowest BCUT2D eigenvalue weighted by molar-refractivity contribution is 0.0822. The van der Waals surface area contributed by atoms with Crippen LogP contribution in [0.1, 0.15) is 37.9 Å². The van der Waals surface area contributed by atoms with Crippen LogP contribution in [0.4, 0.5) is 5.69 Å². The van der Waals surface area contributed by atoms with Crippen molar-refractivity contribution in [2.75, 3.05) is 19.4 Å². The fourth-order valence-electron chi connectivity index (χ4n) is 2.85. The third kappa shape index (κ3) is 3.19. The van der Waals surface area contributed by atoms with E-state index in [1.807, 2.05) is 6.92 Å². The lowest BCUT2D eigenvalue weighted by Gasteiger charge is -2.10. The topological polar surface area (TPSA) is 80.4 Å². The molecule has 0 saturated heterocycles. The van der Waals surface area contributed by atoms with Gasteiger partial charge in [0.25, 0.3) is 11.8 Å². The van der Waals surface area contributed by atoms with E-state index in [4.69, 9.17) is 16.0 Å². The summed E-state index contributed by atoms with van der Waals surface area (Å²) in [5.41, 5.74) is 3.36. The molecule has 2 amide bonds. The first-order valence-electron chi connectivity index (χ1n) is 8.37. The highest BCUT2D eigenvalue weighted by atomic mass is 35.5. The van der Waals surface area contributed by atoms with E-state index in [9.17, 15) is 9.59 Å². The Morgan fingerprint density at radius 1 is 1.22 bits per heavy atom. The summed E-state index contributed by atoms with van der Waals surface area (Å²) in [7, 11) is 4.98. The van der Waals surface area contributed by atoms with Crippen LogP contribution in [-0.4, -0.2) is 40.6 Å². The average Bonchev–Trinajstić information content (AvgIpc) is 3.06. The lowest BCUT2D eigenvalue weighted by atomic mass is 10.1. The summed E-state index contributed by atoms with van der Waals surface area (Å²) in [4.78, 5) is 26.7. The number of anilines is 1. The molecule has 8 heteroatoms. The maximum atomic E-state index is 12.9. The molecular weight excluding hydrogens is 368 g/mol. The quantitative estimate of drug-likeness (QED) is 0.741. The van der Waals surface area contributed by atoms with Gasteiger partial charge in [0.2, 0.25) is 0 Å². The van der Waals surface area contributed by atoms with Crippen molar-refractivity contribution in [2.45, 2.75) is 20.8 Å². The Kier molecular flexibility index (Phi) is 4.73. The summed E-state index contributed by atoms with van der Waals surface area (Å²) in [5.74, 6) is -0.558. The molecule has 0 spiro atoms. The van der Waals surface area contributed by atoms with Crippen LogP contribution in [0, 0.1) is 20.8 Å². The second-order valence-electron chi connectivity index (χ2n) is 6.74. The Bertz CT molecular complexity index is 1080. The number of fused-ring (bicyclic) bond motifs is 1. The number of hydrogen-bond donors (Lipinski definition) is 1. The molecule has 0 radical (unpaired) electrons. The van der Waals surface area contributed by atoms with Crippen LogP contribution in [0.15, 0.2) is 16.5 Å². The molecule has 142 valence electrons. The van der Waals surface area contributed by atoms with E-state index in [0.717, 1.165) is 10.9 Å². The molecule has 1 N–H and O–H groups in total. The fourth-order valence-corrected chi connectivity index (χ4v) is 3.01. The summed E-state index contributed by atoms with van der Waals surface area (Å²) in [6, 6.07) is 3.59. The first-order valence-corrected chi connectivity index (χ1v) is 8.75. The summed E-state index contributed by atoms with van der Waals surface area (Å²) >= 11 is 6.19. The van der Waals surface area contributed by atoms with E-state index in [2.05, 4.69) is 10.4 Å². The smallest absolute Gasteiger partial charge is 0.291 e. The molecule has 1 aromatic carbocycles. The van der Waals surface area contributed by atoms with Gasteiger partial charge < -0.3 is 14.6 Å². The zero-order valence-electron chi connectivity index (χ0n) is 16.1. The molecule has 0 aliphatic rings. The van der Waals surface area contributed by atoms with Gasteiger partial charge in [0.05, 0.1) is 11.4 Å². The Balaban J connectivity index is 2.03. The predicted octanol–water partition coefficient (Wildman–Crippen LogP) is 3.70. The molecule has 3 rings (SSSR count). The highest BCUT2D eigenvalue weighted by Gasteiger charge is 2.25. The molecule has 0 aliphatic carbocycles. The van der Waals surface area contributed by atoms with Gasteiger partial charge in [-0.05, 0) is 38.5 Å². The van der Waals surface area contributed by atoms with Crippen LogP contribution in [0.3, 0.4) is 0 Å². The Morgan fingerprint density at radius 3 is 2.52 bits per heavy atom. The van der Waals surface area contributed by atoms with Gasteiger partial charge >= 0.3 is 0 Å². The van der Waals surface area contributed by atoms with Gasteiger partial charge in [-0.3, -0.25) is 14.3 Å². The Morgan fingerprint density at radius 2 is 1.89 bits per heavy atom. The largest absolute Gasteiger partial charge is 0.451 e. The van der Waals surface area contributed by atoms with Crippen LogP contribution in [-0.2, 0) is 7.05 Å². The first kappa shape index (κ1) is 19.0. The summed E-state index contributed by atoms with van der Waals surface area (Å²) in [6.45, 7) is 5.45. The number of aromatic nitrogens is 2. The van der Waals surface area contributed by atoms with Crippen molar-refractivity contribution in [2.24, 2.45) is 7.05 Å². The molecule has 0 unspecified atom stereocenters. The minimum atomic E-state index is -0.443. The van der Waals surface area contributed by atoms with Gasteiger partial charge in [-0.1, -0.05) is 11.6 Å². The van der Waals surface area contributed by atoms with E-state index in [-0.39, 0.29) is 17.4 Å². The number of aryl methyl sites for hydroxylation is 3. The van der Waals surface area contributed by atoms with Crippen molar-refractivity contribution in [3.8, 4) is 0 Å². The number of benzene rings is 1. The van der Waals surface area contributed by atoms with Crippen LogP contribution in [0.25, 0.3) is 11.0 Å². The van der Waals surface area contributed by atoms with Crippen molar-refractivity contribution in [1.29, 1.82) is 0 Å². The van der Waals surface area contributed by atoms with Crippen molar-refractivity contribution in [3.05, 3.63) is 45.4 Å². The molecule has 0 saturated carbocycles. The van der Waals surface area contributed by atoms with Crippen molar-refractivity contribution in [1.82, 2.24) is 14.7 Å². The average molecular weight is 389 g/mol. The van der Waals surface area contributed by atoms with Gasteiger partial charge in [-0.15, -0.1) is 0 Å². The normalized spacial score (nSPS) is 11.1. The van der Waals surface area contributed by atoms with Crippen molar-refractivity contribution < 1.29 is 14.0 Å². The second kappa shape index (κ2) is 6.74. The number of carbonyl (C=O) groups is 2. The van der Waals surface area contributed by atoms with Crippen LogP contribution >= 0.6 is 11.6 Å². The maximum absolute atomic E-state index is 12.9. The van der Waals surface area contributed by atoms with Gasteiger partial charge in [-0.25, -0.2) is 0 Å². The van der Waals surface area contributed by atoms with E-state index >= 15 is 0 Å². The highest BCUT2D eigenvalue weighted by Crippen LogP contribution is 2.31. The molecule has 0 atom stereocenters. The summed E-state index contributed by atoms with van der Waals surface area (Å²) in [5, 5.41) is 8.41. The summed E-state index contributed by atoms with van der Waals surface area (Å²) < 4.78 is 7.33. The van der Waals surface area contributed by atoms with E-state index in [1.165, 1.54) is 4.90 Å². The van der Waals surface area contributed by atoms with Gasteiger partial charge in [-0.2, -0.15) is 5.10 Å². The van der Waals surface area contributed by atoms with Gasteiger partial charge in [0.1, 0.15) is 5.58 Å². The van der Waals surface area contributed by atoms with Gasteiger partial charge in [0.15, 0.2) is 11.5 Å². The molecule has 2 aromatic heterocycles. The molecular formula is C19H21ClN4O3. The molecule has 0 aliphatic heterocycles. The highest BCUT2D eigenvalue weighted by molar-refractivity contribution is 6.32. The predicted molar refractivity (Wildman–Crippen MR) is 105 cm³/mol. The first-order chi connectivity index (χ1) is 12.6. The monoisotopic (exact) mass is 388 g/mol. The maximum Gasteiger partial charge on any atom is 0.291 e. The number of rotatable bonds is 3. The lowest BCUT2D eigenvalue weighted by Crippen LogP contribution is -2.24. The standard InChI is InChI=1S/C19H21ClN4O3/c1-9-7-14-12(8-13(9)20)10(2)17(27-14)18(25)21-15-11(3)24(6)22-16(15)19(26)23(4)5/h7-8H,1-6H3,(H,21,25). The Hall–Kier alpha value is -2.80. The van der Waals surface area contributed by atoms with Crippen LogP contribution < -0.4 is 5.32 Å². The van der Waals surface area contributed by atoms with Crippen LogP contribution in [0.2, 0.25) is 5.02 Å². The van der Waals surface area contributed by atoms with E-state index < -0.39 is 5.91 Å². The molecule has 3 aromatic rings. The SMILES string of the molecule is Cc1cc2oc(C(=O)Nc3c(C(=O)N(C)C)nn(C)c3C)c(C)c2cc1Cl. The number of halogens is 1. The molecule has 0 bridgehead atoms. The van der Waals surface area contributed by atoms with E-state index in [1.54, 1.807) is 51.8 Å². The van der Waals surface area contributed by atoms with E-state index in [0.29, 0.717) is 27.6 Å². The zero-order valence-corrected chi connectivity index (χ0v) is 16.9. The molecule has 0 fully saturated rings. The number of hydrogen-bond acceptors (Lipinski definition) is 4. The molecule has 2 heterocycles. The molecule has 27 heavy (non-hydrogen) atoms. The second-order valence-corrected chi connectivity index (χ2v) is 7.15. The number of nitrogens with zero attached hydrogens (tertiary/aromatic N) is 3. The zero-order chi connectivity index (χ0) is 20.0. The van der Waals surface area contributed by atoms with Gasteiger partial charge in [0, 0.05) is 37.1 Å². The fraction of sp³-hybridized carbons (Fsp3) is 0.316. The minimum Gasteiger partial charge on any atom is -0.451 e. The van der Waals surface area contributed by atoms with Crippen molar-refractivity contribution >= 4 is 40.1 Å². The van der Waals surface area contributed by atoms with Crippen molar-refractivity contribution in [3.63, 3.8) is 0 Å². The summed E-state index contributed by atoms with van der Waals surface area (Å²) in [6.07, 6.45) is 0. The third-order valence-electron chi connectivity index (χ3n) is 4.60. The minimum absolute atomic E-state index is 0.179. The molecule has 7 nitrogen and oxygen atoms in total. The third-order valence-corrected chi connectivity index (χ3v) is 5.01. The number of carbonyl (C=O) groups excluding carboxylic acids is 2. The Labute approximate surface area is 161 Å². The number of nitrogens with one attached hydrogen (secondary N) is 1. The van der Waals surface area contributed by atoms with Crippen LogP contribution in [0.5, 0.6) is 0 Å². The number of amides is 2. The number of furan rings is 1.